The summed E-state index contributed by atoms with van der Waals surface area (Å²) in [4.78, 5) is 15.1. The fourth-order valence-electron chi connectivity index (χ4n) is 1.28. The molecule has 15 heavy (non-hydrogen) atoms. The molecule has 84 valence electrons. The lowest BCUT2D eigenvalue weighted by molar-refractivity contribution is -0.142. The summed E-state index contributed by atoms with van der Waals surface area (Å²) in [5.74, 6) is -0.222. The van der Waals surface area contributed by atoms with Crippen molar-refractivity contribution in [1.82, 2.24) is 14.9 Å². The summed E-state index contributed by atoms with van der Waals surface area (Å²) in [6, 6.07) is 0. The first-order valence-electron chi connectivity index (χ1n) is 5.13. The van der Waals surface area contributed by atoms with Crippen LogP contribution in [0.1, 0.15) is 19.5 Å². The molecule has 0 unspecified atom stereocenters. The van der Waals surface area contributed by atoms with Crippen molar-refractivity contribution < 1.29 is 9.53 Å². The standard InChI is InChI=1S/C10H17N3O2/c1-3-13-8-12-6-9(13)5-11-7-10(14)15-4-2/h6,8,11H,3-5,7H2,1-2H3. The summed E-state index contributed by atoms with van der Waals surface area (Å²) in [6.07, 6.45) is 3.57. The van der Waals surface area contributed by atoms with Crippen molar-refractivity contribution in [2.45, 2.75) is 26.9 Å². The van der Waals surface area contributed by atoms with E-state index in [1.807, 2.05) is 4.57 Å². The molecule has 1 N–H and O–H groups in total. The van der Waals surface area contributed by atoms with Crippen LogP contribution in [0.5, 0.6) is 0 Å². The Morgan fingerprint density at radius 1 is 1.60 bits per heavy atom. The molecule has 0 saturated carbocycles. The zero-order valence-electron chi connectivity index (χ0n) is 9.19. The van der Waals surface area contributed by atoms with E-state index in [1.54, 1.807) is 19.4 Å². The minimum Gasteiger partial charge on any atom is -0.465 e. The number of carbonyl (C=O) groups is 1. The van der Waals surface area contributed by atoms with E-state index < -0.39 is 0 Å². The second-order valence-electron chi connectivity index (χ2n) is 3.08. The number of nitrogens with one attached hydrogen (secondary N) is 1. The molecule has 0 aromatic carbocycles. The molecule has 5 heteroatoms. The zero-order valence-corrected chi connectivity index (χ0v) is 9.19. The second kappa shape index (κ2) is 6.19. The molecular formula is C10H17N3O2. The molecule has 0 spiro atoms. The van der Waals surface area contributed by atoms with Gasteiger partial charge in [0.05, 0.1) is 25.2 Å². The van der Waals surface area contributed by atoms with Crippen LogP contribution in [0.4, 0.5) is 0 Å². The number of carbonyl (C=O) groups excluding carboxylic acids is 1. The van der Waals surface area contributed by atoms with Crippen LogP contribution in [0.2, 0.25) is 0 Å². The van der Waals surface area contributed by atoms with Crippen LogP contribution in [0, 0.1) is 0 Å². The molecule has 1 rings (SSSR count). The third-order valence-electron chi connectivity index (χ3n) is 2.02. The highest BCUT2D eigenvalue weighted by atomic mass is 16.5. The minimum absolute atomic E-state index is 0.222. The lowest BCUT2D eigenvalue weighted by Crippen LogP contribution is -2.25. The van der Waals surface area contributed by atoms with Crippen molar-refractivity contribution >= 4 is 5.97 Å². The van der Waals surface area contributed by atoms with E-state index in [1.165, 1.54) is 0 Å². The lowest BCUT2D eigenvalue weighted by atomic mass is 10.4. The van der Waals surface area contributed by atoms with Crippen molar-refractivity contribution in [3.05, 3.63) is 18.2 Å². The van der Waals surface area contributed by atoms with Gasteiger partial charge in [-0.05, 0) is 13.8 Å². The molecule has 1 aromatic rings. The summed E-state index contributed by atoms with van der Waals surface area (Å²) < 4.78 is 6.82. The summed E-state index contributed by atoms with van der Waals surface area (Å²) in [5, 5.41) is 3.01. The first kappa shape index (κ1) is 11.7. The Bertz CT molecular complexity index is 309. The number of hydrogen-bond donors (Lipinski definition) is 1. The van der Waals surface area contributed by atoms with Crippen molar-refractivity contribution in [2.24, 2.45) is 0 Å². The predicted molar refractivity (Wildman–Crippen MR) is 56.2 cm³/mol. The molecule has 0 amide bonds. The smallest absolute Gasteiger partial charge is 0.319 e. The quantitative estimate of drug-likeness (QED) is 0.698. The van der Waals surface area contributed by atoms with Gasteiger partial charge in [-0.3, -0.25) is 4.79 Å². The Kier molecular flexibility index (Phi) is 4.83. The molecule has 0 aliphatic carbocycles. The highest BCUT2D eigenvalue weighted by Crippen LogP contribution is 1.97. The van der Waals surface area contributed by atoms with Crippen molar-refractivity contribution in [1.29, 1.82) is 0 Å². The van der Waals surface area contributed by atoms with E-state index in [0.717, 1.165) is 12.2 Å². The number of aryl methyl sites for hydroxylation is 1. The minimum atomic E-state index is -0.222. The van der Waals surface area contributed by atoms with Crippen LogP contribution in [0.3, 0.4) is 0 Å². The molecule has 0 bridgehead atoms. The molecule has 1 heterocycles. The van der Waals surface area contributed by atoms with Crippen LogP contribution in [0.25, 0.3) is 0 Å². The highest BCUT2D eigenvalue weighted by Gasteiger charge is 2.03. The first-order valence-corrected chi connectivity index (χ1v) is 5.13. The monoisotopic (exact) mass is 211 g/mol. The van der Waals surface area contributed by atoms with E-state index in [9.17, 15) is 4.79 Å². The van der Waals surface area contributed by atoms with Crippen molar-refractivity contribution in [3.63, 3.8) is 0 Å². The normalized spacial score (nSPS) is 10.3. The SMILES string of the molecule is CCOC(=O)CNCc1cncn1CC. The third kappa shape index (κ3) is 3.71. The number of esters is 1. The summed E-state index contributed by atoms with van der Waals surface area (Å²) in [5.41, 5.74) is 1.07. The molecule has 0 aliphatic rings. The van der Waals surface area contributed by atoms with Crippen molar-refractivity contribution in [3.8, 4) is 0 Å². The van der Waals surface area contributed by atoms with E-state index in [-0.39, 0.29) is 12.5 Å². The van der Waals surface area contributed by atoms with Gasteiger partial charge >= 0.3 is 5.97 Å². The number of hydrogen-bond acceptors (Lipinski definition) is 4. The van der Waals surface area contributed by atoms with Crippen LogP contribution in [-0.4, -0.2) is 28.7 Å². The fraction of sp³-hybridized carbons (Fsp3) is 0.600. The molecular weight excluding hydrogens is 194 g/mol. The van der Waals surface area contributed by atoms with E-state index >= 15 is 0 Å². The van der Waals surface area contributed by atoms with Crippen molar-refractivity contribution in [2.75, 3.05) is 13.2 Å². The topological polar surface area (TPSA) is 56.1 Å². The number of imidazole rings is 1. The first-order chi connectivity index (χ1) is 7.27. The Balaban J connectivity index is 2.28. The summed E-state index contributed by atoms with van der Waals surface area (Å²) >= 11 is 0. The van der Waals surface area contributed by atoms with Crippen LogP contribution >= 0.6 is 0 Å². The number of ether oxygens (including phenoxy) is 1. The highest BCUT2D eigenvalue weighted by molar-refractivity contribution is 5.71. The van der Waals surface area contributed by atoms with Crippen LogP contribution < -0.4 is 5.32 Å². The van der Waals surface area contributed by atoms with Crippen LogP contribution in [0.15, 0.2) is 12.5 Å². The number of nitrogens with zero attached hydrogens (tertiary/aromatic N) is 2. The summed E-state index contributed by atoms with van der Waals surface area (Å²) in [6.45, 7) is 6.03. The Labute approximate surface area is 89.4 Å². The number of rotatable bonds is 6. The largest absolute Gasteiger partial charge is 0.465 e. The van der Waals surface area contributed by atoms with Gasteiger partial charge in [0.25, 0.3) is 0 Å². The fourth-order valence-corrected chi connectivity index (χ4v) is 1.28. The molecule has 0 fully saturated rings. The maximum Gasteiger partial charge on any atom is 0.319 e. The zero-order chi connectivity index (χ0) is 11.1. The van der Waals surface area contributed by atoms with Gasteiger partial charge in [-0.2, -0.15) is 0 Å². The van der Waals surface area contributed by atoms with Gasteiger partial charge < -0.3 is 14.6 Å². The van der Waals surface area contributed by atoms with Gasteiger partial charge in [-0.15, -0.1) is 0 Å². The van der Waals surface area contributed by atoms with Gasteiger partial charge in [0.1, 0.15) is 0 Å². The van der Waals surface area contributed by atoms with E-state index in [4.69, 9.17) is 4.74 Å². The molecule has 0 saturated heterocycles. The lowest BCUT2D eigenvalue weighted by Gasteiger charge is -2.06. The maximum atomic E-state index is 11.0. The average molecular weight is 211 g/mol. The Hall–Kier alpha value is -1.36. The third-order valence-corrected chi connectivity index (χ3v) is 2.02. The van der Waals surface area contributed by atoms with Gasteiger partial charge in [0.2, 0.25) is 0 Å². The van der Waals surface area contributed by atoms with Gasteiger partial charge in [-0.25, -0.2) is 4.98 Å². The molecule has 5 nitrogen and oxygen atoms in total. The van der Waals surface area contributed by atoms with Gasteiger partial charge in [-0.1, -0.05) is 0 Å². The molecule has 0 radical (unpaired) electrons. The maximum absolute atomic E-state index is 11.0. The number of aromatic nitrogens is 2. The Morgan fingerprint density at radius 3 is 3.07 bits per heavy atom. The molecule has 0 atom stereocenters. The molecule has 0 aliphatic heterocycles. The van der Waals surface area contributed by atoms with E-state index in [2.05, 4.69) is 17.2 Å². The average Bonchev–Trinajstić information content (AvgIpc) is 2.66. The second-order valence-corrected chi connectivity index (χ2v) is 3.08. The van der Waals surface area contributed by atoms with Gasteiger partial charge in [0, 0.05) is 19.3 Å². The van der Waals surface area contributed by atoms with Gasteiger partial charge in [0.15, 0.2) is 0 Å². The Morgan fingerprint density at radius 2 is 2.40 bits per heavy atom. The molecule has 1 aromatic heterocycles. The predicted octanol–water partition coefficient (Wildman–Crippen LogP) is 0.556. The van der Waals surface area contributed by atoms with Crippen LogP contribution in [-0.2, 0) is 22.6 Å². The van der Waals surface area contributed by atoms with E-state index in [0.29, 0.717) is 13.2 Å². The summed E-state index contributed by atoms with van der Waals surface area (Å²) in [7, 11) is 0.